The molecule has 3 heterocycles. The maximum Gasteiger partial charge on any atom is 0.297 e. The van der Waals surface area contributed by atoms with Gasteiger partial charge in [-0.3, -0.25) is 14.5 Å². The molecule has 0 bridgehead atoms. The summed E-state index contributed by atoms with van der Waals surface area (Å²) in [5, 5.41) is 2.75. The zero-order valence-corrected chi connectivity index (χ0v) is 15.6. The molecule has 4 aromatic rings. The Labute approximate surface area is 163 Å². The molecule has 0 N–H and O–H groups in total. The van der Waals surface area contributed by atoms with Crippen LogP contribution in [0.2, 0.25) is 0 Å². The van der Waals surface area contributed by atoms with Crippen LogP contribution in [0.4, 0.5) is 5.13 Å². The van der Waals surface area contributed by atoms with Crippen LogP contribution >= 0.6 is 11.3 Å². The third-order valence-corrected chi connectivity index (χ3v) is 5.58. The van der Waals surface area contributed by atoms with Gasteiger partial charge in [-0.2, -0.15) is 0 Å². The monoisotopic (exact) mass is 390 g/mol. The van der Waals surface area contributed by atoms with Gasteiger partial charge in [0.05, 0.1) is 24.1 Å². The molecule has 0 radical (unpaired) electrons. The van der Waals surface area contributed by atoms with E-state index >= 15 is 0 Å². The predicted octanol–water partition coefficient (Wildman–Crippen LogP) is 4.01. The minimum Gasteiger partial charge on any atom is -0.497 e. The number of carbonyl (C=O) groups is 1. The number of amides is 1. The van der Waals surface area contributed by atoms with E-state index in [1.165, 1.54) is 16.2 Å². The van der Waals surface area contributed by atoms with Crippen molar-refractivity contribution in [2.45, 2.75) is 6.04 Å². The molecule has 0 saturated carbocycles. The fourth-order valence-electron chi connectivity index (χ4n) is 3.58. The van der Waals surface area contributed by atoms with Crippen molar-refractivity contribution in [3.05, 3.63) is 87.2 Å². The Morgan fingerprint density at radius 1 is 1.14 bits per heavy atom. The number of ether oxygens (including phenoxy) is 1. The summed E-state index contributed by atoms with van der Waals surface area (Å²) >= 11 is 1.33. The van der Waals surface area contributed by atoms with E-state index in [0.717, 1.165) is 5.56 Å². The van der Waals surface area contributed by atoms with Gasteiger partial charge in [-0.25, -0.2) is 4.98 Å². The highest BCUT2D eigenvalue weighted by Gasteiger charge is 2.44. The normalized spacial score (nSPS) is 15.8. The molecule has 1 atom stereocenters. The third kappa shape index (κ3) is 2.36. The van der Waals surface area contributed by atoms with Crippen LogP contribution in [0.25, 0.3) is 11.0 Å². The molecule has 0 spiro atoms. The minimum absolute atomic E-state index is 0.0618. The zero-order valence-electron chi connectivity index (χ0n) is 14.8. The molecular weight excluding hydrogens is 376 g/mol. The van der Waals surface area contributed by atoms with Crippen LogP contribution in [0.3, 0.4) is 0 Å². The van der Waals surface area contributed by atoms with Crippen LogP contribution in [0.15, 0.2) is 69.3 Å². The summed E-state index contributed by atoms with van der Waals surface area (Å²) in [7, 11) is 1.58. The number of benzene rings is 2. The number of aromatic nitrogens is 1. The van der Waals surface area contributed by atoms with Gasteiger partial charge >= 0.3 is 0 Å². The quantitative estimate of drug-likeness (QED) is 0.529. The third-order valence-electron chi connectivity index (χ3n) is 4.81. The van der Waals surface area contributed by atoms with Crippen molar-refractivity contribution in [3.63, 3.8) is 0 Å². The van der Waals surface area contributed by atoms with Crippen LogP contribution < -0.4 is 15.1 Å². The Morgan fingerprint density at radius 2 is 2.00 bits per heavy atom. The number of fused-ring (bicyclic) bond motifs is 2. The molecule has 2 aromatic heterocycles. The van der Waals surface area contributed by atoms with Crippen LogP contribution in [0, 0.1) is 0 Å². The van der Waals surface area contributed by atoms with Gasteiger partial charge in [0, 0.05) is 11.6 Å². The maximum absolute atomic E-state index is 13.3. The van der Waals surface area contributed by atoms with E-state index in [1.807, 2.05) is 24.3 Å². The molecule has 6 nitrogen and oxygen atoms in total. The van der Waals surface area contributed by atoms with Gasteiger partial charge in [-0.05, 0) is 29.8 Å². The zero-order chi connectivity index (χ0) is 19.3. The lowest BCUT2D eigenvalue weighted by molar-refractivity contribution is 0.0971. The summed E-state index contributed by atoms with van der Waals surface area (Å²) in [6, 6.07) is 13.7. The van der Waals surface area contributed by atoms with Crippen molar-refractivity contribution in [3.8, 4) is 5.75 Å². The van der Waals surface area contributed by atoms with Crippen LogP contribution in [0.5, 0.6) is 5.75 Å². The summed E-state index contributed by atoms with van der Waals surface area (Å²) in [4.78, 5) is 32.4. The Kier molecular flexibility index (Phi) is 3.77. The molecule has 1 aliphatic rings. The molecule has 1 amide bonds. The lowest BCUT2D eigenvalue weighted by Crippen LogP contribution is -2.29. The lowest BCUT2D eigenvalue weighted by Gasteiger charge is -2.22. The average molecular weight is 390 g/mol. The Bertz CT molecular complexity index is 1260. The Hall–Kier alpha value is -3.45. The molecule has 5 rings (SSSR count). The summed E-state index contributed by atoms with van der Waals surface area (Å²) in [5.41, 5.74) is 1.26. The fraction of sp³-hybridized carbons (Fsp3) is 0.0952. The number of rotatable bonds is 3. The van der Waals surface area contributed by atoms with Gasteiger partial charge in [0.25, 0.3) is 5.91 Å². The number of para-hydroxylation sites is 1. The highest BCUT2D eigenvalue weighted by molar-refractivity contribution is 7.13. The largest absolute Gasteiger partial charge is 0.497 e. The number of methoxy groups -OCH3 is 1. The van der Waals surface area contributed by atoms with Gasteiger partial charge in [0.15, 0.2) is 10.6 Å². The first-order chi connectivity index (χ1) is 13.7. The van der Waals surface area contributed by atoms with Crippen molar-refractivity contribution in [1.29, 1.82) is 0 Å². The number of carbonyl (C=O) groups excluding carboxylic acids is 1. The summed E-state index contributed by atoms with van der Waals surface area (Å²) < 4.78 is 11.2. The highest BCUT2D eigenvalue weighted by Crippen LogP contribution is 2.42. The number of hydrogen-bond donors (Lipinski definition) is 0. The van der Waals surface area contributed by atoms with E-state index in [2.05, 4.69) is 4.98 Å². The first kappa shape index (κ1) is 16.7. The Morgan fingerprint density at radius 3 is 2.79 bits per heavy atom. The van der Waals surface area contributed by atoms with Crippen molar-refractivity contribution in [2.75, 3.05) is 12.0 Å². The van der Waals surface area contributed by atoms with Crippen molar-refractivity contribution in [1.82, 2.24) is 4.98 Å². The molecule has 7 heteroatoms. The average Bonchev–Trinajstić information content (AvgIpc) is 3.35. The highest BCUT2D eigenvalue weighted by atomic mass is 32.1. The second-order valence-corrected chi connectivity index (χ2v) is 7.21. The second kappa shape index (κ2) is 6.31. The van der Waals surface area contributed by atoms with E-state index in [0.29, 0.717) is 27.4 Å². The smallest absolute Gasteiger partial charge is 0.297 e. The number of nitrogens with zero attached hydrogens (tertiary/aromatic N) is 2. The van der Waals surface area contributed by atoms with Gasteiger partial charge in [0.1, 0.15) is 11.3 Å². The topological polar surface area (TPSA) is 72.6 Å². The second-order valence-electron chi connectivity index (χ2n) is 6.34. The molecule has 0 aliphatic carbocycles. The van der Waals surface area contributed by atoms with E-state index in [9.17, 15) is 9.59 Å². The first-order valence-electron chi connectivity index (χ1n) is 8.62. The van der Waals surface area contributed by atoms with Crippen LogP contribution in [0.1, 0.15) is 27.7 Å². The minimum atomic E-state index is -0.635. The van der Waals surface area contributed by atoms with E-state index in [1.54, 1.807) is 43.0 Å². The summed E-state index contributed by atoms with van der Waals surface area (Å²) in [5.74, 6) is 0.329. The predicted molar refractivity (Wildman–Crippen MR) is 106 cm³/mol. The standard InChI is InChI=1S/C21H14N2O4S/c1-26-13-6-4-5-12(11-13)17-16-18(24)14-7-2-3-8-15(14)27-19(16)20(25)23(17)21-22-9-10-28-21/h2-11,17H,1H3. The van der Waals surface area contributed by atoms with E-state index in [-0.39, 0.29) is 17.1 Å². The molecular formula is C21H14N2O4S. The molecule has 1 aliphatic heterocycles. The van der Waals surface area contributed by atoms with Crippen molar-refractivity contribution < 1.29 is 13.9 Å². The van der Waals surface area contributed by atoms with Gasteiger partial charge in [0.2, 0.25) is 5.76 Å². The molecule has 0 saturated heterocycles. The molecule has 1 unspecified atom stereocenters. The van der Waals surface area contributed by atoms with Gasteiger partial charge in [-0.1, -0.05) is 24.3 Å². The molecule has 28 heavy (non-hydrogen) atoms. The first-order valence-corrected chi connectivity index (χ1v) is 9.49. The van der Waals surface area contributed by atoms with E-state index in [4.69, 9.17) is 9.15 Å². The van der Waals surface area contributed by atoms with Gasteiger partial charge in [-0.15, -0.1) is 11.3 Å². The summed E-state index contributed by atoms with van der Waals surface area (Å²) in [6.07, 6.45) is 1.63. The number of hydrogen-bond acceptors (Lipinski definition) is 6. The number of thiazole rings is 1. The van der Waals surface area contributed by atoms with Crippen LogP contribution in [-0.4, -0.2) is 18.0 Å². The molecule has 138 valence electrons. The Balaban J connectivity index is 1.83. The van der Waals surface area contributed by atoms with Crippen molar-refractivity contribution >= 4 is 33.3 Å². The number of anilines is 1. The lowest BCUT2D eigenvalue weighted by atomic mass is 9.98. The van der Waals surface area contributed by atoms with Gasteiger partial charge < -0.3 is 9.15 Å². The molecule has 0 fully saturated rings. The molecule has 2 aromatic carbocycles. The summed E-state index contributed by atoms with van der Waals surface area (Å²) in [6.45, 7) is 0. The fourth-order valence-corrected chi connectivity index (χ4v) is 4.25. The SMILES string of the molecule is COc1cccc(C2c3c(oc4ccccc4c3=O)C(=O)N2c2nccs2)c1. The van der Waals surface area contributed by atoms with E-state index < -0.39 is 6.04 Å². The van der Waals surface area contributed by atoms with Crippen LogP contribution in [-0.2, 0) is 0 Å². The maximum atomic E-state index is 13.3. The van der Waals surface area contributed by atoms with Crippen molar-refractivity contribution in [2.24, 2.45) is 0 Å².